The molecular weight excluding hydrogens is 345 g/mol. The van der Waals surface area contributed by atoms with Crippen LogP contribution in [0.5, 0.6) is 0 Å². The van der Waals surface area contributed by atoms with Gasteiger partial charge in [-0.2, -0.15) is 0 Å². The predicted molar refractivity (Wildman–Crippen MR) is 105 cm³/mol. The molecule has 0 aliphatic rings. The number of anilines is 1. The number of nitrogens with zero attached hydrogens (tertiary/aromatic N) is 1. The first-order valence-electron chi connectivity index (χ1n) is 7.38. The summed E-state index contributed by atoms with van der Waals surface area (Å²) < 4.78 is 0. The highest BCUT2D eigenvalue weighted by molar-refractivity contribution is 5.91. The largest absolute Gasteiger partial charge is 0.326 e. The normalized spacial score (nSPS) is 11.2. The average Bonchev–Trinajstić information content (AvgIpc) is 2.47. The molecule has 6 heteroatoms. The van der Waals surface area contributed by atoms with E-state index in [0.717, 1.165) is 23.4 Å². The van der Waals surface area contributed by atoms with Gasteiger partial charge in [0, 0.05) is 24.7 Å². The molecule has 0 bridgehead atoms. The van der Waals surface area contributed by atoms with Gasteiger partial charge < -0.3 is 16.0 Å². The first-order chi connectivity index (χ1) is 10.5. The Balaban J connectivity index is 0.00000264. The molecule has 1 amide bonds. The molecule has 3 N–H and O–H groups in total. The predicted octanol–water partition coefficient (Wildman–Crippen LogP) is 3.62. The van der Waals surface area contributed by atoms with Gasteiger partial charge in [0.05, 0.1) is 0 Å². The van der Waals surface area contributed by atoms with Gasteiger partial charge in [0.1, 0.15) is 0 Å². The number of carbonyl (C=O) groups excluding carboxylic acids is 1. The van der Waals surface area contributed by atoms with Crippen molar-refractivity contribution in [1.29, 1.82) is 0 Å². The van der Waals surface area contributed by atoms with Crippen molar-refractivity contribution in [1.82, 2.24) is 4.90 Å². The summed E-state index contributed by atoms with van der Waals surface area (Å²) in [5.74, 6) is -0.0710. The minimum absolute atomic E-state index is 0. The zero-order valence-electron chi connectivity index (χ0n) is 13.9. The Morgan fingerprint density at radius 2 is 1.75 bits per heavy atom. The summed E-state index contributed by atoms with van der Waals surface area (Å²) in [6.07, 6.45) is 0.266. The first-order valence-corrected chi connectivity index (χ1v) is 7.38. The molecule has 2 aromatic carbocycles. The van der Waals surface area contributed by atoms with Crippen LogP contribution in [0.15, 0.2) is 54.6 Å². The summed E-state index contributed by atoms with van der Waals surface area (Å²) in [5.41, 5.74) is 9.02. The monoisotopic (exact) mass is 369 g/mol. The molecule has 0 radical (unpaired) electrons. The van der Waals surface area contributed by atoms with Gasteiger partial charge in [-0.1, -0.05) is 42.5 Å². The highest BCUT2D eigenvalue weighted by Crippen LogP contribution is 2.16. The van der Waals surface area contributed by atoms with E-state index in [4.69, 9.17) is 5.73 Å². The topological polar surface area (TPSA) is 58.4 Å². The molecule has 0 spiro atoms. The molecule has 4 nitrogen and oxygen atoms in total. The van der Waals surface area contributed by atoms with Gasteiger partial charge in [-0.05, 0) is 37.4 Å². The second-order valence-corrected chi connectivity index (χ2v) is 5.71. The standard InChI is InChI=1S/C18H23N3O.2ClH/c1-21(2)13-14-7-6-10-16(11-14)20-18(22)12-17(19)15-8-4-3-5-9-15;;/h3-11,17H,12-13,19H2,1-2H3,(H,20,22);2*1H. The lowest BCUT2D eigenvalue weighted by Gasteiger charge is -2.14. The third-order valence-corrected chi connectivity index (χ3v) is 3.34. The minimum Gasteiger partial charge on any atom is -0.326 e. The molecule has 132 valence electrons. The third kappa shape index (κ3) is 7.32. The fourth-order valence-corrected chi connectivity index (χ4v) is 2.34. The van der Waals surface area contributed by atoms with Crippen LogP contribution in [0.1, 0.15) is 23.6 Å². The smallest absolute Gasteiger partial charge is 0.226 e. The van der Waals surface area contributed by atoms with Crippen molar-refractivity contribution in [3.63, 3.8) is 0 Å². The molecule has 0 aliphatic carbocycles. The van der Waals surface area contributed by atoms with E-state index in [2.05, 4.69) is 10.2 Å². The van der Waals surface area contributed by atoms with Crippen LogP contribution >= 0.6 is 24.8 Å². The van der Waals surface area contributed by atoms with Crippen molar-refractivity contribution in [3.05, 3.63) is 65.7 Å². The molecule has 2 rings (SSSR count). The number of halogens is 2. The van der Waals surface area contributed by atoms with E-state index in [-0.39, 0.29) is 43.2 Å². The van der Waals surface area contributed by atoms with Gasteiger partial charge >= 0.3 is 0 Å². The molecule has 1 atom stereocenters. The summed E-state index contributed by atoms with van der Waals surface area (Å²) in [6.45, 7) is 0.841. The first kappa shape index (κ1) is 22.4. The van der Waals surface area contributed by atoms with Crippen molar-refractivity contribution in [2.45, 2.75) is 19.0 Å². The van der Waals surface area contributed by atoms with Crippen LogP contribution in [-0.4, -0.2) is 24.9 Å². The molecule has 0 heterocycles. The van der Waals surface area contributed by atoms with Gasteiger partial charge in [0.15, 0.2) is 0 Å². The Hall–Kier alpha value is -1.59. The fourth-order valence-electron chi connectivity index (χ4n) is 2.34. The maximum Gasteiger partial charge on any atom is 0.226 e. The quantitative estimate of drug-likeness (QED) is 0.817. The maximum absolute atomic E-state index is 12.1. The van der Waals surface area contributed by atoms with E-state index in [1.54, 1.807) is 0 Å². The lowest BCUT2D eigenvalue weighted by Crippen LogP contribution is -2.20. The van der Waals surface area contributed by atoms with Crippen molar-refractivity contribution >= 4 is 36.4 Å². The van der Waals surface area contributed by atoms with E-state index in [9.17, 15) is 4.79 Å². The van der Waals surface area contributed by atoms with E-state index < -0.39 is 0 Å². The molecule has 0 aromatic heterocycles. The second kappa shape index (κ2) is 11.0. The van der Waals surface area contributed by atoms with Crippen LogP contribution in [0.2, 0.25) is 0 Å². The summed E-state index contributed by atoms with van der Waals surface area (Å²) >= 11 is 0. The summed E-state index contributed by atoms with van der Waals surface area (Å²) in [7, 11) is 4.04. The molecule has 1 unspecified atom stereocenters. The lowest BCUT2D eigenvalue weighted by atomic mass is 10.0. The highest BCUT2D eigenvalue weighted by atomic mass is 35.5. The highest BCUT2D eigenvalue weighted by Gasteiger charge is 2.11. The zero-order chi connectivity index (χ0) is 15.9. The van der Waals surface area contributed by atoms with Gasteiger partial charge in [-0.15, -0.1) is 24.8 Å². The molecule has 0 saturated heterocycles. The number of amides is 1. The Morgan fingerprint density at radius 1 is 1.08 bits per heavy atom. The summed E-state index contributed by atoms with van der Waals surface area (Å²) in [5, 5.41) is 2.92. The minimum atomic E-state index is -0.286. The van der Waals surface area contributed by atoms with Crippen LogP contribution in [0.4, 0.5) is 5.69 Å². The number of carbonyl (C=O) groups is 1. The molecule has 24 heavy (non-hydrogen) atoms. The van der Waals surface area contributed by atoms with Crippen LogP contribution in [0.3, 0.4) is 0 Å². The van der Waals surface area contributed by atoms with Crippen LogP contribution in [0.25, 0.3) is 0 Å². The summed E-state index contributed by atoms with van der Waals surface area (Å²) in [4.78, 5) is 14.2. The zero-order valence-corrected chi connectivity index (χ0v) is 15.6. The number of nitrogens with one attached hydrogen (secondary N) is 1. The van der Waals surface area contributed by atoms with Gasteiger partial charge in [-0.3, -0.25) is 4.79 Å². The second-order valence-electron chi connectivity index (χ2n) is 5.71. The Labute approximate surface area is 156 Å². The lowest BCUT2D eigenvalue weighted by molar-refractivity contribution is -0.116. The number of nitrogens with two attached hydrogens (primary N) is 1. The van der Waals surface area contributed by atoms with Crippen LogP contribution in [-0.2, 0) is 11.3 Å². The molecule has 0 fully saturated rings. The van der Waals surface area contributed by atoms with E-state index in [0.29, 0.717) is 0 Å². The van der Waals surface area contributed by atoms with Crippen molar-refractivity contribution in [3.8, 4) is 0 Å². The third-order valence-electron chi connectivity index (χ3n) is 3.34. The number of rotatable bonds is 6. The van der Waals surface area contributed by atoms with E-state index >= 15 is 0 Å². The Bertz CT molecular complexity index is 621. The summed E-state index contributed by atoms with van der Waals surface area (Å²) in [6, 6.07) is 17.3. The Morgan fingerprint density at radius 3 is 2.38 bits per heavy atom. The fraction of sp³-hybridized carbons (Fsp3) is 0.278. The van der Waals surface area contributed by atoms with Crippen LogP contribution in [0, 0.1) is 0 Å². The van der Waals surface area contributed by atoms with Crippen molar-refractivity contribution in [2.75, 3.05) is 19.4 Å². The average molecular weight is 370 g/mol. The molecule has 2 aromatic rings. The Kier molecular flexibility index (Phi) is 10.3. The molecule has 0 aliphatic heterocycles. The SMILES string of the molecule is CN(C)Cc1cccc(NC(=O)CC(N)c2ccccc2)c1.Cl.Cl. The van der Waals surface area contributed by atoms with Crippen LogP contribution < -0.4 is 11.1 Å². The van der Waals surface area contributed by atoms with E-state index in [1.807, 2.05) is 68.7 Å². The molecule has 0 saturated carbocycles. The number of hydrogen-bond acceptors (Lipinski definition) is 3. The van der Waals surface area contributed by atoms with E-state index in [1.165, 1.54) is 0 Å². The number of hydrogen-bond donors (Lipinski definition) is 2. The van der Waals surface area contributed by atoms with Gasteiger partial charge in [0.25, 0.3) is 0 Å². The van der Waals surface area contributed by atoms with Crippen molar-refractivity contribution < 1.29 is 4.79 Å². The molecular formula is C18H25Cl2N3O. The van der Waals surface area contributed by atoms with Gasteiger partial charge in [0.2, 0.25) is 5.91 Å². The van der Waals surface area contributed by atoms with Crippen molar-refractivity contribution in [2.24, 2.45) is 5.73 Å². The number of benzene rings is 2. The maximum atomic E-state index is 12.1. The van der Waals surface area contributed by atoms with Gasteiger partial charge in [-0.25, -0.2) is 0 Å².